The lowest BCUT2D eigenvalue weighted by molar-refractivity contribution is -0.125. The standard InChI is InChI=1S/C24H29ClF2N4O3S/c1-14(29-17-10-16(25)12-28-23(17)34-2)19-7-8-21(35-19)31(13-32)18(9-15-5-3-4-6-15)22(33)30-20-11-24(20,26)27/h7-8,10,12-15,18,20,29H,3-6,9,11H2,1-2H3,(H,30,33)/t14-,18+,20-/m1/s1. The van der Waals surface area contributed by atoms with Crippen molar-refractivity contribution in [3.8, 4) is 5.88 Å². The number of rotatable bonds is 11. The summed E-state index contributed by atoms with van der Waals surface area (Å²) in [5, 5.41) is 6.81. The zero-order chi connectivity index (χ0) is 25.2. The van der Waals surface area contributed by atoms with Crippen LogP contribution in [-0.2, 0) is 9.59 Å². The number of amides is 2. The molecule has 2 heterocycles. The van der Waals surface area contributed by atoms with Gasteiger partial charge in [-0.05, 0) is 37.5 Å². The fourth-order valence-corrected chi connectivity index (χ4v) is 5.72. The maximum absolute atomic E-state index is 13.5. The molecule has 2 aromatic heterocycles. The summed E-state index contributed by atoms with van der Waals surface area (Å²) in [7, 11) is 1.52. The van der Waals surface area contributed by atoms with Crippen molar-refractivity contribution < 1.29 is 23.1 Å². The summed E-state index contributed by atoms with van der Waals surface area (Å²) in [5.74, 6) is -2.71. The third-order valence-electron chi connectivity index (χ3n) is 6.60. The summed E-state index contributed by atoms with van der Waals surface area (Å²) in [6.45, 7) is 1.94. The van der Waals surface area contributed by atoms with Crippen molar-refractivity contribution in [1.82, 2.24) is 10.3 Å². The highest BCUT2D eigenvalue weighted by atomic mass is 35.5. The van der Waals surface area contributed by atoms with Gasteiger partial charge >= 0.3 is 0 Å². The molecule has 0 saturated heterocycles. The first kappa shape index (κ1) is 25.6. The molecular formula is C24H29ClF2N4O3S. The van der Waals surface area contributed by atoms with Gasteiger partial charge < -0.3 is 15.4 Å². The zero-order valence-electron chi connectivity index (χ0n) is 19.6. The van der Waals surface area contributed by atoms with Crippen LogP contribution in [0.2, 0.25) is 5.02 Å². The van der Waals surface area contributed by atoms with Gasteiger partial charge in [0.2, 0.25) is 18.2 Å². The molecule has 0 aromatic carbocycles. The monoisotopic (exact) mass is 526 g/mol. The third-order valence-corrected chi connectivity index (χ3v) is 8.09. The molecule has 2 saturated carbocycles. The Kier molecular flexibility index (Phi) is 7.80. The molecule has 2 aromatic rings. The number of alkyl halides is 2. The van der Waals surface area contributed by atoms with E-state index in [-0.39, 0.29) is 18.4 Å². The van der Waals surface area contributed by atoms with E-state index >= 15 is 0 Å². The number of nitrogens with zero attached hydrogens (tertiary/aromatic N) is 2. The van der Waals surface area contributed by atoms with Crippen molar-refractivity contribution >= 4 is 45.9 Å². The van der Waals surface area contributed by atoms with Gasteiger partial charge in [-0.15, -0.1) is 11.3 Å². The van der Waals surface area contributed by atoms with Crippen molar-refractivity contribution in [1.29, 1.82) is 0 Å². The molecule has 0 bridgehead atoms. The fraction of sp³-hybridized carbons (Fsp3) is 0.542. The van der Waals surface area contributed by atoms with Crippen LogP contribution in [0.5, 0.6) is 5.88 Å². The Hall–Kier alpha value is -2.46. The number of hydrogen-bond donors (Lipinski definition) is 2. The van der Waals surface area contributed by atoms with Crippen LogP contribution in [0, 0.1) is 5.92 Å². The van der Waals surface area contributed by atoms with Crippen molar-refractivity contribution in [2.24, 2.45) is 5.92 Å². The van der Waals surface area contributed by atoms with Crippen LogP contribution in [0.1, 0.15) is 56.4 Å². The number of carbonyl (C=O) groups excluding carboxylic acids is 2. The second-order valence-corrected chi connectivity index (χ2v) is 10.7. The molecule has 0 unspecified atom stereocenters. The number of hydrogen-bond acceptors (Lipinski definition) is 6. The lowest BCUT2D eigenvalue weighted by Gasteiger charge is -2.28. The van der Waals surface area contributed by atoms with E-state index in [0.717, 1.165) is 30.6 Å². The van der Waals surface area contributed by atoms with Crippen molar-refractivity contribution in [3.63, 3.8) is 0 Å². The van der Waals surface area contributed by atoms with E-state index in [1.54, 1.807) is 12.1 Å². The molecule has 35 heavy (non-hydrogen) atoms. The molecule has 2 fully saturated rings. The Morgan fingerprint density at radius 2 is 2.11 bits per heavy atom. The highest BCUT2D eigenvalue weighted by Gasteiger charge is 2.58. The summed E-state index contributed by atoms with van der Waals surface area (Å²) in [5.41, 5.74) is 0.624. The van der Waals surface area contributed by atoms with Gasteiger partial charge in [-0.1, -0.05) is 37.3 Å². The summed E-state index contributed by atoms with van der Waals surface area (Å²) < 4.78 is 32.2. The number of ether oxygens (including phenoxy) is 1. The van der Waals surface area contributed by atoms with Gasteiger partial charge in [-0.3, -0.25) is 14.5 Å². The van der Waals surface area contributed by atoms with Crippen LogP contribution >= 0.6 is 22.9 Å². The number of aromatic nitrogens is 1. The largest absolute Gasteiger partial charge is 0.480 e. The summed E-state index contributed by atoms with van der Waals surface area (Å²) in [6, 6.07) is 3.20. The van der Waals surface area contributed by atoms with Gasteiger partial charge in [0, 0.05) is 17.5 Å². The molecule has 2 amide bonds. The van der Waals surface area contributed by atoms with Gasteiger partial charge in [0.15, 0.2) is 0 Å². The van der Waals surface area contributed by atoms with Crippen LogP contribution in [0.15, 0.2) is 24.4 Å². The smallest absolute Gasteiger partial charge is 0.270 e. The summed E-state index contributed by atoms with van der Waals surface area (Å²) in [4.78, 5) is 31.7. The molecule has 2 aliphatic rings. The number of thiophene rings is 1. The molecule has 0 aliphatic heterocycles. The number of halogens is 3. The quantitative estimate of drug-likeness (QED) is 0.382. The zero-order valence-corrected chi connectivity index (χ0v) is 21.2. The minimum atomic E-state index is -2.87. The molecule has 2 aliphatic carbocycles. The predicted octanol–water partition coefficient (Wildman–Crippen LogP) is 5.41. The van der Waals surface area contributed by atoms with Gasteiger partial charge in [0.25, 0.3) is 5.92 Å². The van der Waals surface area contributed by atoms with E-state index < -0.39 is 23.9 Å². The van der Waals surface area contributed by atoms with Gasteiger partial charge in [0.1, 0.15) is 6.04 Å². The van der Waals surface area contributed by atoms with E-state index in [4.69, 9.17) is 16.3 Å². The molecule has 7 nitrogen and oxygen atoms in total. The van der Waals surface area contributed by atoms with E-state index in [1.807, 2.05) is 13.0 Å². The summed E-state index contributed by atoms with van der Waals surface area (Å²) >= 11 is 7.43. The van der Waals surface area contributed by atoms with E-state index in [1.165, 1.54) is 29.5 Å². The Morgan fingerprint density at radius 1 is 1.40 bits per heavy atom. The van der Waals surface area contributed by atoms with Gasteiger partial charge in [0.05, 0.1) is 34.9 Å². The number of methoxy groups -OCH3 is 1. The van der Waals surface area contributed by atoms with E-state index in [0.29, 0.717) is 34.4 Å². The molecule has 4 rings (SSSR count). The van der Waals surface area contributed by atoms with Crippen LogP contribution in [0.3, 0.4) is 0 Å². The predicted molar refractivity (Wildman–Crippen MR) is 133 cm³/mol. The maximum Gasteiger partial charge on any atom is 0.270 e. The Bertz CT molecular complexity index is 1060. The first-order chi connectivity index (χ1) is 16.7. The van der Waals surface area contributed by atoms with Crippen LogP contribution in [-0.4, -0.2) is 42.4 Å². The molecular weight excluding hydrogens is 498 g/mol. The van der Waals surface area contributed by atoms with E-state index in [2.05, 4.69) is 15.6 Å². The van der Waals surface area contributed by atoms with Gasteiger partial charge in [-0.2, -0.15) is 0 Å². The molecule has 11 heteroatoms. The molecule has 0 radical (unpaired) electrons. The molecule has 0 spiro atoms. The van der Waals surface area contributed by atoms with Crippen molar-refractivity contribution in [3.05, 3.63) is 34.3 Å². The molecule has 3 atom stereocenters. The summed E-state index contributed by atoms with van der Waals surface area (Å²) in [6.07, 6.45) is 6.32. The van der Waals surface area contributed by atoms with Crippen molar-refractivity contribution in [2.45, 2.75) is 69.5 Å². The molecule has 190 valence electrons. The normalized spacial score (nSPS) is 20.7. The second-order valence-electron chi connectivity index (χ2n) is 9.19. The number of nitrogens with one attached hydrogen (secondary N) is 2. The third kappa shape index (κ3) is 6.03. The minimum absolute atomic E-state index is 0.177. The van der Waals surface area contributed by atoms with E-state index in [9.17, 15) is 18.4 Å². The lowest BCUT2D eigenvalue weighted by Crippen LogP contribution is -2.48. The van der Waals surface area contributed by atoms with Crippen LogP contribution in [0.25, 0.3) is 0 Å². The average Bonchev–Trinajstić information content (AvgIpc) is 3.25. The fourth-order valence-electron chi connectivity index (χ4n) is 4.54. The lowest BCUT2D eigenvalue weighted by atomic mass is 9.97. The van der Waals surface area contributed by atoms with Gasteiger partial charge in [-0.25, -0.2) is 13.8 Å². The number of carbonyl (C=O) groups is 2. The highest BCUT2D eigenvalue weighted by Crippen LogP contribution is 2.42. The first-order valence-electron chi connectivity index (χ1n) is 11.7. The Morgan fingerprint density at radius 3 is 2.74 bits per heavy atom. The molecule has 2 N–H and O–H groups in total. The maximum atomic E-state index is 13.5. The van der Waals surface area contributed by atoms with Crippen LogP contribution in [0.4, 0.5) is 19.5 Å². The average molecular weight is 527 g/mol. The van der Waals surface area contributed by atoms with Crippen LogP contribution < -0.4 is 20.3 Å². The minimum Gasteiger partial charge on any atom is -0.480 e. The Labute approximate surface area is 212 Å². The van der Waals surface area contributed by atoms with Crippen molar-refractivity contribution in [2.75, 3.05) is 17.3 Å². The topological polar surface area (TPSA) is 83.6 Å². The second kappa shape index (κ2) is 10.7. The Balaban J connectivity index is 1.52. The number of pyridine rings is 1. The first-order valence-corrected chi connectivity index (χ1v) is 12.9. The SMILES string of the molecule is COc1ncc(Cl)cc1N[C@H](C)c1ccc(N(C=O)[C@@H](CC2CCCC2)C(=O)N[C@@H]2CC2(F)F)s1. The highest BCUT2D eigenvalue weighted by molar-refractivity contribution is 7.16. The number of anilines is 2.